The topological polar surface area (TPSA) is 38.5 Å². The van der Waals surface area contributed by atoms with Crippen LogP contribution in [0.3, 0.4) is 0 Å². The van der Waals surface area contributed by atoms with Crippen molar-refractivity contribution in [1.82, 2.24) is 0 Å². The fourth-order valence-electron chi connectivity index (χ4n) is 1.74. The maximum absolute atomic E-state index is 5.88. The fourth-order valence-corrected chi connectivity index (χ4v) is 2.64. The zero-order chi connectivity index (χ0) is 10.7. The summed E-state index contributed by atoms with van der Waals surface area (Å²) in [5, 5.41) is 0. The molecule has 82 valence electrons. The minimum atomic E-state index is 0.716. The van der Waals surface area contributed by atoms with Gasteiger partial charge in [0, 0.05) is 30.3 Å². The van der Waals surface area contributed by atoms with Crippen LogP contribution >= 0.6 is 11.8 Å². The summed E-state index contributed by atoms with van der Waals surface area (Å²) in [6.07, 6.45) is 0. The number of hydrogen-bond acceptors (Lipinski definition) is 4. The van der Waals surface area contributed by atoms with Crippen molar-refractivity contribution in [2.75, 3.05) is 42.3 Å². The van der Waals surface area contributed by atoms with Gasteiger partial charge in [-0.1, -0.05) is 0 Å². The fraction of sp³-hybridized carbons (Fsp3) is 0.455. The highest BCUT2D eigenvalue weighted by molar-refractivity contribution is 7.99. The second-order valence-corrected chi connectivity index (χ2v) is 4.75. The summed E-state index contributed by atoms with van der Waals surface area (Å²) in [5.41, 5.74) is 7.80. The molecule has 1 fully saturated rings. The molecule has 0 amide bonds. The van der Waals surface area contributed by atoms with Crippen LogP contribution in [0.25, 0.3) is 0 Å². The number of methoxy groups -OCH3 is 1. The second kappa shape index (κ2) is 4.66. The largest absolute Gasteiger partial charge is 0.495 e. The van der Waals surface area contributed by atoms with Gasteiger partial charge in [0.25, 0.3) is 0 Å². The van der Waals surface area contributed by atoms with Gasteiger partial charge in [-0.2, -0.15) is 11.8 Å². The third kappa shape index (κ3) is 2.31. The summed E-state index contributed by atoms with van der Waals surface area (Å²) in [5.74, 6) is 3.16. The number of hydrogen-bond donors (Lipinski definition) is 1. The van der Waals surface area contributed by atoms with Gasteiger partial charge >= 0.3 is 0 Å². The van der Waals surface area contributed by atoms with E-state index >= 15 is 0 Å². The van der Waals surface area contributed by atoms with E-state index in [-0.39, 0.29) is 0 Å². The van der Waals surface area contributed by atoms with Crippen LogP contribution in [0.4, 0.5) is 11.4 Å². The van der Waals surface area contributed by atoms with E-state index in [2.05, 4.69) is 11.0 Å². The zero-order valence-electron chi connectivity index (χ0n) is 8.90. The molecule has 3 nitrogen and oxygen atoms in total. The van der Waals surface area contributed by atoms with Crippen molar-refractivity contribution in [2.45, 2.75) is 0 Å². The third-order valence-corrected chi connectivity index (χ3v) is 3.53. The van der Waals surface area contributed by atoms with Gasteiger partial charge in [0.05, 0.1) is 12.8 Å². The van der Waals surface area contributed by atoms with E-state index in [1.165, 1.54) is 17.2 Å². The van der Waals surface area contributed by atoms with Gasteiger partial charge in [0.2, 0.25) is 0 Å². The van der Waals surface area contributed by atoms with Gasteiger partial charge in [0.1, 0.15) is 5.75 Å². The molecule has 4 heteroatoms. The van der Waals surface area contributed by atoms with Crippen LogP contribution in [0.2, 0.25) is 0 Å². The standard InChI is InChI=1S/C11H16N2OS/c1-14-11-3-2-9(8-10(11)12)13-4-6-15-7-5-13/h2-3,8H,4-7,12H2,1H3. The van der Waals surface area contributed by atoms with Crippen molar-refractivity contribution in [3.05, 3.63) is 18.2 Å². The van der Waals surface area contributed by atoms with Crippen molar-refractivity contribution in [3.63, 3.8) is 0 Å². The normalized spacial score (nSPS) is 16.5. The third-order valence-electron chi connectivity index (χ3n) is 2.59. The van der Waals surface area contributed by atoms with Gasteiger partial charge in [-0.15, -0.1) is 0 Å². The summed E-state index contributed by atoms with van der Waals surface area (Å²) in [6, 6.07) is 6.01. The molecule has 1 aromatic rings. The molecular formula is C11H16N2OS. The monoisotopic (exact) mass is 224 g/mol. The first-order valence-electron chi connectivity index (χ1n) is 5.07. The maximum Gasteiger partial charge on any atom is 0.141 e. The molecule has 1 aliphatic heterocycles. The molecular weight excluding hydrogens is 208 g/mol. The number of nitrogen functional groups attached to an aromatic ring is 1. The molecule has 15 heavy (non-hydrogen) atoms. The molecule has 0 aromatic heterocycles. The molecule has 0 saturated carbocycles. The van der Waals surface area contributed by atoms with Crippen molar-refractivity contribution >= 4 is 23.1 Å². The number of ether oxygens (including phenoxy) is 1. The zero-order valence-corrected chi connectivity index (χ0v) is 9.72. The molecule has 2 N–H and O–H groups in total. The predicted octanol–water partition coefficient (Wildman–Crippen LogP) is 1.83. The lowest BCUT2D eigenvalue weighted by Crippen LogP contribution is -2.32. The summed E-state index contributed by atoms with van der Waals surface area (Å²) >= 11 is 2.01. The summed E-state index contributed by atoms with van der Waals surface area (Å²) in [7, 11) is 1.64. The summed E-state index contributed by atoms with van der Waals surface area (Å²) in [6.45, 7) is 2.22. The Kier molecular flexibility index (Phi) is 3.26. The highest BCUT2D eigenvalue weighted by Crippen LogP contribution is 2.28. The van der Waals surface area contributed by atoms with Crippen molar-refractivity contribution in [3.8, 4) is 5.75 Å². The Bertz CT molecular complexity index is 337. The Morgan fingerprint density at radius 1 is 1.33 bits per heavy atom. The molecule has 0 spiro atoms. The van der Waals surface area contributed by atoms with Crippen molar-refractivity contribution in [1.29, 1.82) is 0 Å². The lowest BCUT2D eigenvalue weighted by atomic mass is 10.2. The molecule has 0 atom stereocenters. The number of anilines is 2. The molecule has 0 aliphatic carbocycles. The lowest BCUT2D eigenvalue weighted by molar-refractivity contribution is 0.417. The molecule has 1 aromatic carbocycles. The Morgan fingerprint density at radius 2 is 2.07 bits per heavy atom. The van der Waals surface area contributed by atoms with E-state index in [9.17, 15) is 0 Å². The van der Waals surface area contributed by atoms with Crippen LogP contribution in [-0.4, -0.2) is 31.7 Å². The van der Waals surface area contributed by atoms with E-state index in [1.54, 1.807) is 7.11 Å². The first kappa shape index (κ1) is 10.5. The van der Waals surface area contributed by atoms with E-state index in [1.807, 2.05) is 23.9 Å². The Hall–Kier alpha value is -1.03. The molecule has 2 rings (SSSR count). The molecule has 1 aliphatic rings. The van der Waals surface area contributed by atoms with Crippen LogP contribution in [0.1, 0.15) is 0 Å². The van der Waals surface area contributed by atoms with Crippen LogP contribution in [0.15, 0.2) is 18.2 Å². The molecule has 0 radical (unpaired) electrons. The molecule has 1 heterocycles. The van der Waals surface area contributed by atoms with Crippen molar-refractivity contribution in [2.24, 2.45) is 0 Å². The van der Waals surface area contributed by atoms with Crippen LogP contribution in [0.5, 0.6) is 5.75 Å². The number of nitrogens with two attached hydrogens (primary N) is 1. The molecule has 0 bridgehead atoms. The van der Waals surface area contributed by atoms with Gasteiger partial charge in [-0.05, 0) is 18.2 Å². The summed E-state index contributed by atoms with van der Waals surface area (Å²) < 4.78 is 5.14. The maximum atomic E-state index is 5.88. The summed E-state index contributed by atoms with van der Waals surface area (Å²) in [4.78, 5) is 2.37. The van der Waals surface area contributed by atoms with E-state index in [4.69, 9.17) is 10.5 Å². The van der Waals surface area contributed by atoms with Crippen LogP contribution in [-0.2, 0) is 0 Å². The highest BCUT2D eigenvalue weighted by Gasteiger charge is 2.12. The van der Waals surface area contributed by atoms with E-state index in [0.29, 0.717) is 5.69 Å². The average molecular weight is 224 g/mol. The number of benzene rings is 1. The van der Waals surface area contributed by atoms with E-state index in [0.717, 1.165) is 18.8 Å². The van der Waals surface area contributed by atoms with Gasteiger partial charge in [-0.3, -0.25) is 0 Å². The number of rotatable bonds is 2. The first-order valence-corrected chi connectivity index (χ1v) is 6.23. The van der Waals surface area contributed by atoms with Crippen LogP contribution in [0, 0.1) is 0 Å². The average Bonchev–Trinajstić information content (AvgIpc) is 2.30. The molecule has 1 saturated heterocycles. The Morgan fingerprint density at radius 3 is 2.67 bits per heavy atom. The van der Waals surface area contributed by atoms with Gasteiger partial charge in [0.15, 0.2) is 0 Å². The predicted molar refractivity (Wildman–Crippen MR) is 66.9 cm³/mol. The smallest absolute Gasteiger partial charge is 0.141 e. The number of nitrogens with zero attached hydrogens (tertiary/aromatic N) is 1. The van der Waals surface area contributed by atoms with E-state index < -0.39 is 0 Å². The second-order valence-electron chi connectivity index (χ2n) is 3.53. The molecule has 0 unspecified atom stereocenters. The Balaban J connectivity index is 2.17. The SMILES string of the molecule is COc1ccc(N2CCSCC2)cc1N. The van der Waals surface area contributed by atoms with Crippen molar-refractivity contribution < 1.29 is 4.74 Å². The quantitative estimate of drug-likeness (QED) is 0.778. The van der Waals surface area contributed by atoms with Crippen LogP contribution < -0.4 is 15.4 Å². The lowest BCUT2D eigenvalue weighted by Gasteiger charge is -2.28. The Labute approximate surface area is 94.6 Å². The first-order chi connectivity index (χ1) is 7.31. The number of thioether (sulfide) groups is 1. The van der Waals surface area contributed by atoms with Gasteiger partial charge in [-0.25, -0.2) is 0 Å². The minimum absolute atomic E-state index is 0.716. The highest BCUT2D eigenvalue weighted by atomic mass is 32.2. The van der Waals surface area contributed by atoms with Gasteiger partial charge < -0.3 is 15.4 Å². The minimum Gasteiger partial charge on any atom is -0.495 e.